The van der Waals surface area contributed by atoms with E-state index in [4.69, 9.17) is 9.72 Å². The third-order valence-electron chi connectivity index (χ3n) is 10.8. The van der Waals surface area contributed by atoms with Crippen molar-refractivity contribution in [1.82, 2.24) is 15.0 Å². The van der Waals surface area contributed by atoms with E-state index in [0.717, 1.165) is 30.5 Å². The molecular weight excluding hydrogens is 793 g/mol. The van der Waals surface area contributed by atoms with Gasteiger partial charge >= 0.3 is 6.18 Å². The van der Waals surface area contributed by atoms with Crippen molar-refractivity contribution in [3.63, 3.8) is 0 Å². The fourth-order valence-corrected chi connectivity index (χ4v) is 8.77. The first-order valence-corrected chi connectivity index (χ1v) is 20.2. The van der Waals surface area contributed by atoms with E-state index in [1.165, 1.54) is 12.4 Å². The second kappa shape index (κ2) is 17.3. The predicted molar refractivity (Wildman–Crippen MR) is 202 cm³/mol. The number of halogens is 8. The lowest BCUT2D eigenvalue weighted by Gasteiger charge is -2.41. The first-order valence-electron chi connectivity index (χ1n) is 18.1. The molecule has 306 valence electrons. The Bertz CT molecular complexity index is 1870. The highest BCUT2D eigenvalue weighted by Crippen LogP contribution is 2.52. The molecule has 0 spiro atoms. The number of aliphatic hydroxyl groups is 1. The van der Waals surface area contributed by atoms with Crippen molar-refractivity contribution in [2.75, 3.05) is 36.6 Å². The summed E-state index contributed by atoms with van der Waals surface area (Å²) in [7, 11) is -3.10. The summed E-state index contributed by atoms with van der Waals surface area (Å²) in [6.07, 6.45) is -1.70. The van der Waals surface area contributed by atoms with Gasteiger partial charge in [-0.1, -0.05) is 26.0 Å². The third-order valence-corrected chi connectivity index (χ3v) is 11.8. The molecule has 3 aliphatic rings. The van der Waals surface area contributed by atoms with Crippen molar-refractivity contribution in [3.8, 4) is 5.75 Å². The molecule has 1 aromatic carbocycles. The molecule has 1 saturated heterocycles. The number of hydrogen-bond donors (Lipinski definition) is 1. The SMILES string of the molecule is CC1(C)Cc2nc(C3CCN(c4ncc(OCCCS(C)(=O)=O)cn4)CC3)c(C(F)c3ccc(C(F)(F)F)cc3)c(C3CCC(F)(F)CC3)c2[C@@H](O)C1.Cl.Cl. The summed E-state index contributed by atoms with van der Waals surface area (Å²) in [4.78, 5) is 15.9. The average molecular weight is 842 g/mol. The molecule has 1 aliphatic heterocycles. The van der Waals surface area contributed by atoms with E-state index in [1.807, 2.05) is 18.7 Å². The van der Waals surface area contributed by atoms with Crippen LogP contribution >= 0.6 is 24.8 Å². The number of fused-ring (bicyclic) bond motifs is 1. The Morgan fingerprint density at radius 2 is 1.56 bits per heavy atom. The van der Waals surface area contributed by atoms with Gasteiger partial charge in [-0.3, -0.25) is 4.98 Å². The Morgan fingerprint density at radius 3 is 2.13 bits per heavy atom. The van der Waals surface area contributed by atoms with Crippen LogP contribution in [0.3, 0.4) is 0 Å². The van der Waals surface area contributed by atoms with Crippen LogP contribution in [0.2, 0.25) is 0 Å². The van der Waals surface area contributed by atoms with E-state index in [2.05, 4.69) is 9.97 Å². The Balaban J connectivity index is 0.00000336. The largest absolute Gasteiger partial charge is 0.490 e. The van der Waals surface area contributed by atoms with Gasteiger partial charge in [-0.05, 0) is 79.5 Å². The Morgan fingerprint density at radius 1 is 0.964 bits per heavy atom. The van der Waals surface area contributed by atoms with Crippen LogP contribution in [0.1, 0.15) is 129 Å². The van der Waals surface area contributed by atoms with Gasteiger partial charge in [0.15, 0.2) is 11.9 Å². The fraction of sp³-hybridized carbons (Fsp3) is 0.605. The van der Waals surface area contributed by atoms with Crippen molar-refractivity contribution in [2.45, 2.75) is 108 Å². The smallest absolute Gasteiger partial charge is 0.416 e. The zero-order valence-corrected chi connectivity index (χ0v) is 33.4. The van der Waals surface area contributed by atoms with Gasteiger partial charge in [-0.2, -0.15) is 13.2 Å². The highest BCUT2D eigenvalue weighted by molar-refractivity contribution is 7.90. The van der Waals surface area contributed by atoms with Crippen molar-refractivity contribution in [3.05, 3.63) is 75.9 Å². The first kappa shape index (κ1) is 44.8. The lowest BCUT2D eigenvalue weighted by atomic mass is 9.68. The molecular formula is C38H48Cl2F6N4O4S. The maximum atomic E-state index is 17.3. The fourth-order valence-electron chi connectivity index (χ4n) is 8.13. The quantitative estimate of drug-likeness (QED) is 0.159. The number of anilines is 1. The summed E-state index contributed by atoms with van der Waals surface area (Å²) in [6.45, 7) is 5.18. The number of sulfone groups is 1. The second-order valence-corrected chi connectivity index (χ2v) is 17.9. The summed E-state index contributed by atoms with van der Waals surface area (Å²) in [5.41, 5.74) is 1.01. The topological polar surface area (TPSA) is 106 Å². The summed E-state index contributed by atoms with van der Waals surface area (Å²) in [5, 5.41) is 11.6. The van der Waals surface area contributed by atoms with Crippen molar-refractivity contribution in [1.29, 1.82) is 0 Å². The molecule has 6 rings (SSSR count). The monoisotopic (exact) mass is 840 g/mol. The molecule has 1 N–H and O–H groups in total. The number of aromatic nitrogens is 3. The normalized spacial score (nSPS) is 20.8. The molecule has 2 aromatic heterocycles. The van der Waals surface area contributed by atoms with Gasteiger partial charge in [-0.25, -0.2) is 31.6 Å². The van der Waals surface area contributed by atoms with Gasteiger partial charge in [-0.15, -0.1) is 24.8 Å². The van der Waals surface area contributed by atoms with Crippen LogP contribution in [0.25, 0.3) is 0 Å². The molecule has 3 heterocycles. The Hall–Kier alpha value is -2.88. The predicted octanol–water partition coefficient (Wildman–Crippen LogP) is 9.29. The second-order valence-electron chi connectivity index (χ2n) is 15.7. The highest BCUT2D eigenvalue weighted by atomic mass is 35.5. The zero-order chi connectivity index (χ0) is 38.3. The van der Waals surface area contributed by atoms with Crippen LogP contribution < -0.4 is 9.64 Å². The molecule has 2 atom stereocenters. The number of nitrogens with zero attached hydrogens (tertiary/aromatic N) is 4. The van der Waals surface area contributed by atoms with Gasteiger partial charge in [0.1, 0.15) is 9.84 Å². The number of ether oxygens (including phenoxy) is 1. The van der Waals surface area contributed by atoms with Gasteiger partial charge in [0.2, 0.25) is 11.9 Å². The Kier molecular flexibility index (Phi) is 14.1. The van der Waals surface area contributed by atoms with E-state index < -0.39 is 45.7 Å². The van der Waals surface area contributed by atoms with Crippen LogP contribution in [0.5, 0.6) is 5.75 Å². The molecule has 55 heavy (non-hydrogen) atoms. The number of alkyl halides is 6. The summed E-state index contributed by atoms with van der Waals surface area (Å²) in [6, 6.07) is 3.92. The maximum absolute atomic E-state index is 17.3. The lowest BCUT2D eigenvalue weighted by molar-refractivity contribution is -0.137. The standard InChI is InChI=1S/C38H46F6N4O4S.2ClH/c1-36(2)19-28-31(29(49)20-36)30(23-9-13-37(40,41)14-10-23)32(33(39)24-5-7-26(8-6-24)38(42,43)44)34(47-28)25-11-15-48(16-12-25)35-45-21-27(22-46-35)52-17-4-18-53(3,50)51;;/h5-8,21-23,25,29,33,49H,4,9-20H2,1-3H3;2*1H/t29-,33?;;/m0../s1. The summed E-state index contributed by atoms with van der Waals surface area (Å²) in [5.74, 6) is -2.76. The molecule has 8 nitrogen and oxygen atoms in total. The summed E-state index contributed by atoms with van der Waals surface area (Å²) < 4.78 is 115. The summed E-state index contributed by atoms with van der Waals surface area (Å²) >= 11 is 0. The number of pyridine rings is 1. The molecule has 0 bridgehead atoms. The van der Waals surface area contributed by atoms with Gasteiger partial charge in [0.25, 0.3) is 0 Å². The number of rotatable bonds is 10. The van der Waals surface area contributed by atoms with Crippen molar-refractivity contribution >= 4 is 40.6 Å². The number of aliphatic hydroxyl groups excluding tert-OH is 1. The van der Waals surface area contributed by atoms with Crippen LogP contribution in [-0.4, -0.2) is 66.1 Å². The molecule has 2 fully saturated rings. The molecule has 1 saturated carbocycles. The van der Waals surface area contributed by atoms with Gasteiger partial charge in [0, 0.05) is 54.9 Å². The van der Waals surface area contributed by atoms with E-state index in [-0.39, 0.29) is 85.3 Å². The number of hydrogen-bond acceptors (Lipinski definition) is 8. The zero-order valence-electron chi connectivity index (χ0n) is 30.9. The minimum absolute atomic E-state index is 0. The van der Waals surface area contributed by atoms with E-state index in [0.29, 0.717) is 79.4 Å². The first-order chi connectivity index (χ1) is 24.8. The lowest BCUT2D eigenvalue weighted by Crippen LogP contribution is -2.36. The number of benzene rings is 1. The molecule has 2 aliphatic carbocycles. The molecule has 0 radical (unpaired) electrons. The van der Waals surface area contributed by atoms with Crippen LogP contribution in [0.4, 0.5) is 32.3 Å². The van der Waals surface area contributed by atoms with Crippen molar-refractivity contribution in [2.24, 2.45) is 5.41 Å². The highest BCUT2D eigenvalue weighted by Gasteiger charge is 2.44. The van der Waals surface area contributed by atoms with Crippen molar-refractivity contribution < 1.29 is 44.6 Å². The molecule has 0 amide bonds. The minimum atomic E-state index is -4.61. The Labute approximate surface area is 330 Å². The number of piperidine rings is 1. The maximum Gasteiger partial charge on any atom is 0.416 e. The molecule has 3 aromatic rings. The van der Waals surface area contributed by atoms with Crippen LogP contribution in [0, 0.1) is 5.41 Å². The van der Waals surface area contributed by atoms with Crippen LogP contribution in [-0.2, 0) is 22.4 Å². The van der Waals surface area contributed by atoms with E-state index in [1.54, 1.807) is 0 Å². The van der Waals surface area contributed by atoms with E-state index >= 15 is 4.39 Å². The molecule has 17 heteroatoms. The van der Waals surface area contributed by atoms with E-state index in [9.17, 15) is 35.5 Å². The third kappa shape index (κ3) is 10.7. The average Bonchev–Trinajstić information content (AvgIpc) is 3.08. The van der Waals surface area contributed by atoms with Crippen LogP contribution in [0.15, 0.2) is 36.7 Å². The van der Waals surface area contributed by atoms with Gasteiger partial charge < -0.3 is 14.7 Å². The van der Waals surface area contributed by atoms with Gasteiger partial charge in [0.05, 0.1) is 42.1 Å². The molecule has 1 unspecified atom stereocenters. The minimum Gasteiger partial charge on any atom is -0.490 e.